The third-order valence-electron chi connectivity index (χ3n) is 5.55. The molecule has 28 heavy (non-hydrogen) atoms. The first-order valence-corrected chi connectivity index (χ1v) is 9.89. The van der Waals surface area contributed by atoms with Crippen molar-refractivity contribution in [1.29, 1.82) is 0 Å². The van der Waals surface area contributed by atoms with Gasteiger partial charge in [0.05, 0.1) is 18.8 Å². The van der Waals surface area contributed by atoms with E-state index in [0.29, 0.717) is 25.2 Å². The molecule has 0 aromatic carbocycles. The van der Waals surface area contributed by atoms with E-state index in [9.17, 15) is 14.4 Å². The molecule has 2 saturated heterocycles. The molecule has 1 aromatic rings. The van der Waals surface area contributed by atoms with Gasteiger partial charge >= 0.3 is 5.69 Å². The Labute approximate surface area is 164 Å². The van der Waals surface area contributed by atoms with Crippen molar-refractivity contribution in [3.05, 3.63) is 32.6 Å². The van der Waals surface area contributed by atoms with Crippen LogP contribution < -0.4 is 16.6 Å². The number of ether oxygens (including phenoxy) is 1. The van der Waals surface area contributed by atoms with Gasteiger partial charge in [0.15, 0.2) is 0 Å². The summed E-state index contributed by atoms with van der Waals surface area (Å²) >= 11 is 0. The van der Waals surface area contributed by atoms with E-state index >= 15 is 0 Å². The van der Waals surface area contributed by atoms with Crippen LogP contribution in [0.3, 0.4) is 0 Å². The summed E-state index contributed by atoms with van der Waals surface area (Å²) in [4.78, 5) is 41.4. The highest BCUT2D eigenvalue weighted by Crippen LogP contribution is 2.15. The summed E-state index contributed by atoms with van der Waals surface area (Å²) in [5.74, 6) is 0.0514. The van der Waals surface area contributed by atoms with E-state index < -0.39 is 0 Å². The van der Waals surface area contributed by atoms with E-state index in [1.165, 1.54) is 11.6 Å². The fraction of sp³-hybridized carbons (Fsp3) is 0.737. The first kappa shape index (κ1) is 20.8. The molecule has 1 amide bonds. The summed E-state index contributed by atoms with van der Waals surface area (Å²) in [6.45, 7) is 7.39. The van der Waals surface area contributed by atoms with E-state index in [0.717, 1.165) is 24.1 Å². The fourth-order valence-electron chi connectivity index (χ4n) is 4.13. The van der Waals surface area contributed by atoms with E-state index in [-0.39, 0.29) is 42.0 Å². The van der Waals surface area contributed by atoms with Crippen molar-refractivity contribution in [1.82, 2.24) is 24.3 Å². The van der Waals surface area contributed by atoms with Gasteiger partial charge in [0.1, 0.15) is 0 Å². The fourth-order valence-corrected chi connectivity index (χ4v) is 4.13. The van der Waals surface area contributed by atoms with Gasteiger partial charge in [-0.05, 0) is 26.8 Å². The zero-order chi connectivity index (χ0) is 20.4. The highest BCUT2D eigenvalue weighted by molar-refractivity contribution is 5.78. The van der Waals surface area contributed by atoms with Gasteiger partial charge in [-0.1, -0.05) is 0 Å². The van der Waals surface area contributed by atoms with E-state index in [4.69, 9.17) is 4.74 Å². The molecule has 0 unspecified atom stereocenters. The second-order valence-electron chi connectivity index (χ2n) is 8.02. The Hall–Kier alpha value is -1.97. The number of morpholine rings is 1. The molecular formula is C19H31N5O4. The molecule has 0 radical (unpaired) electrons. The molecule has 1 N–H and O–H groups in total. The third kappa shape index (κ3) is 4.53. The van der Waals surface area contributed by atoms with Crippen LogP contribution in [0.1, 0.15) is 25.8 Å². The minimum absolute atomic E-state index is 0.0187. The lowest BCUT2D eigenvalue weighted by Crippen LogP contribution is -2.52. The molecule has 2 fully saturated rings. The number of nitrogens with zero attached hydrogens (tertiary/aromatic N) is 4. The summed E-state index contributed by atoms with van der Waals surface area (Å²) < 4.78 is 8.26. The molecule has 0 aliphatic carbocycles. The first-order valence-electron chi connectivity index (χ1n) is 9.89. The minimum atomic E-state index is -0.352. The summed E-state index contributed by atoms with van der Waals surface area (Å²) in [5.41, 5.74) is -0.136. The maximum atomic E-state index is 13.0. The average Bonchev–Trinajstić information content (AvgIpc) is 3.17. The Balaban J connectivity index is 1.79. The predicted octanol–water partition coefficient (Wildman–Crippen LogP) is -1.12. The van der Waals surface area contributed by atoms with Crippen LogP contribution in [0, 0.1) is 0 Å². The maximum absolute atomic E-state index is 13.0. The quantitative estimate of drug-likeness (QED) is 0.682. The van der Waals surface area contributed by atoms with Crippen LogP contribution in [0.25, 0.3) is 0 Å². The number of rotatable bonds is 5. The molecule has 9 heteroatoms. The molecule has 0 spiro atoms. The van der Waals surface area contributed by atoms with Crippen LogP contribution >= 0.6 is 0 Å². The molecule has 3 rings (SSSR count). The van der Waals surface area contributed by atoms with Gasteiger partial charge in [0.25, 0.3) is 5.56 Å². The van der Waals surface area contributed by atoms with Crippen LogP contribution in [-0.4, -0.2) is 75.8 Å². The van der Waals surface area contributed by atoms with E-state index in [1.807, 2.05) is 18.7 Å². The number of aromatic nitrogens is 2. The number of hydrogen-bond acceptors (Lipinski definition) is 6. The second kappa shape index (κ2) is 8.59. The standard InChI is InChI=1S/C19H31N5O4/c1-13-8-24(9-14(2)28-13)17(25)12-23(16-5-6-20-7-16)11-15-10-21(3)19(27)22(4)18(15)26/h10,13-14,16,20H,5-9,11-12H2,1-4H3/t13-,14-,16-/m1/s1. The molecular weight excluding hydrogens is 362 g/mol. The van der Waals surface area contributed by atoms with Crippen molar-refractivity contribution in [2.24, 2.45) is 14.1 Å². The number of amides is 1. The van der Waals surface area contributed by atoms with Gasteiger partial charge < -0.3 is 19.5 Å². The summed E-state index contributed by atoms with van der Waals surface area (Å²) in [7, 11) is 3.12. The normalized spacial score (nSPS) is 25.5. The average molecular weight is 393 g/mol. The van der Waals surface area contributed by atoms with Crippen molar-refractivity contribution in [2.75, 3.05) is 32.7 Å². The lowest BCUT2D eigenvalue weighted by atomic mass is 10.1. The molecule has 2 aliphatic heterocycles. The highest BCUT2D eigenvalue weighted by atomic mass is 16.5. The highest BCUT2D eigenvalue weighted by Gasteiger charge is 2.30. The van der Waals surface area contributed by atoms with Gasteiger partial charge in [-0.2, -0.15) is 0 Å². The lowest BCUT2D eigenvalue weighted by molar-refractivity contribution is -0.145. The topological polar surface area (TPSA) is 88.8 Å². The number of nitrogens with one attached hydrogen (secondary N) is 1. The summed E-state index contributed by atoms with van der Waals surface area (Å²) in [5, 5.41) is 3.33. The maximum Gasteiger partial charge on any atom is 0.330 e. The lowest BCUT2D eigenvalue weighted by Gasteiger charge is -2.37. The smallest absolute Gasteiger partial charge is 0.330 e. The molecule has 156 valence electrons. The Morgan fingerprint density at radius 2 is 1.93 bits per heavy atom. The van der Waals surface area contributed by atoms with Crippen molar-refractivity contribution in [3.8, 4) is 0 Å². The molecule has 9 nitrogen and oxygen atoms in total. The molecule has 3 heterocycles. The van der Waals surface area contributed by atoms with Crippen LogP contribution in [0.4, 0.5) is 0 Å². The van der Waals surface area contributed by atoms with Crippen molar-refractivity contribution < 1.29 is 9.53 Å². The number of aryl methyl sites for hydroxylation is 1. The molecule has 2 aliphatic rings. The minimum Gasteiger partial charge on any atom is -0.372 e. The third-order valence-corrected chi connectivity index (χ3v) is 5.55. The number of carbonyl (C=O) groups excluding carboxylic acids is 1. The molecule has 1 aromatic heterocycles. The van der Waals surface area contributed by atoms with Crippen molar-refractivity contribution >= 4 is 5.91 Å². The SMILES string of the molecule is C[C@@H]1CN(C(=O)CN(Cc2cn(C)c(=O)n(C)c2=O)[C@@H]2CCNC2)C[C@@H](C)O1. The van der Waals surface area contributed by atoms with Gasteiger partial charge in [0.2, 0.25) is 5.91 Å². The molecule has 3 atom stereocenters. The van der Waals surface area contributed by atoms with Gasteiger partial charge in [0, 0.05) is 58.1 Å². The van der Waals surface area contributed by atoms with E-state index in [2.05, 4.69) is 10.2 Å². The molecule has 0 bridgehead atoms. The van der Waals surface area contributed by atoms with Gasteiger partial charge in [-0.15, -0.1) is 0 Å². The zero-order valence-electron chi connectivity index (χ0n) is 17.2. The monoisotopic (exact) mass is 393 g/mol. The van der Waals surface area contributed by atoms with Crippen LogP contribution in [0.5, 0.6) is 0 Å². The second-order valence-corrected chi connectivity index (χ2v) is 8.02. The van der Waals surface area contributed by atoms with Crippen LogP contribution in [-0.2, 0) is 30.2 Å². The summed E-state index contributed by atoms with van der Waals surface area (Å²) in [6.07, 6.45) is 2.55. The molecule has 0 saturated carbocycles. The number of carbonyl (C=O) groups is 1. The Kier molecular flexibility index (Phi) is 6.36. The van der Waals surface area contributed by atoms with E-state index in [1.54, 1.807) is 13.2 Å². The Morgan fingerprint density at radius 3 is 2.54 bits per heavy atom. The largest absolute Gasteiger partial charge is 0.372 e. The first-order chi connectivity index (χ1) is 13.3. The Bertz CT molecular complexity index is 817. The number of hydrogen-bond donors (Lipinski definition) is 1. The van der Waals surface area contributed by atoms with Crippen molar-refractivity contribution in [2.45, 2.75) is 45.1 Å². The summed E-state index contributed by atoms with van der Waals surface area (Å²) in [6, 6.07) is 0.182. The van der Waals surface area contributed by atoms with Gasteiger partial charge in [-0.25, -0.2) is 4.79 Å². The Morgan fingerprint density at radius 1 is 1.25 bits per heavy atom. The van der Waals surface area contributed by atoms with Gasteiger partial charge in [-0.3, -0.25) is 19.1 Å². The van der Waals surface area contributed by atoms with Crippen molar-refractivity contribution in [3.63, 3.8) is 0 Å². The van der Waals surface area contributed by atoms with Crippen LogP contribution in [0.2, 0.25) is 0 Å². The van der Waals surface area contributed by atoms with Crippen LogP contribution in [0.15, 0.2) is 15.8 Å². The predicted molar refractivity (Wildman–Crippen MR) is 105 cm³/mol. The zero-order valence-corrected chi connectivity index (χ0v) is 17.2.